The molecule has 17 heavy (non-hydrogen) atoms. The Hall–Kier alpha value is -0.940. The quantitative estimate of drug-likeness (QED) is 0.722. The number of hydrogen-bond acceptors (Lipinski definition) is 2. The van der Waals surface area contributed by atoms with Crippen LogP contribution in [-0.4, -0.2) is 11.8 Å². The van der Waals surface area contributed by atoms with Crippen LogP contribution in [0.3, 0.4) is 0 Å². The van der Waals surface area contributed by atoms with E-state index in [1.54, 1.807) is 6.92 Å². The molecule has 0 N–H and O–H groups in total. The van der Waals surface area contributed by atoms with Crippen LogP contribution in [0.2, 0.25) is 0 Å². The second-order valence-corrected chi connectivity index (χ2v) is 5.59. The molecule has 1 aliphatic heterocycles. The van der Waals surface area contributed by atoms with Crippen molar-refractivity contribution in [3.05, 3.63) is 38.3 Å². The van der Waals surface area contributed by atoms with Crippen molar-refractivity contribution in [1.82, 2.24) is 0 Å². The topological polar surface area (TPSA) is 37.4 Å². The van der Waals surface area contributed by atoms with Gasteiger partial charge in [0.1, 0.15) is 0 Å². The lowest BCUT2D eigenvalue weighted by Gasteiger charge is -2.18. The predicted molar refractivity (Wildman–Crippen MR) is 72.8 cm³/mol. The molecule has 1 aliphatic rings. The van der Waals surface area contributed by atoms with Crippen LogP contribution in [0.4, 0.5) is 5.69 Å². The van der Waals surface area contributed by atoms with Crippen molar-refractivity contribution in [3.63, 3.8) is 0 Å². The van der Waals surface area contributed by atoms with Crippen LogP contribution < -0.4 is 4.90 Å². The van der Waals surface area contributed by atoms with Gasteiger partial charge in [0.15, 0.2) is 0 Å². The monoisotopic (exact) mass is 357 g/mol. The van der Waals surface area contributed by atoms with Crippen molar-refractivity contribution in [2.75, 3.05) is 4.90 Å². The fraction of sp³-hybridized carbons (Fsp3) is 0.167. The molecule has 2 rings (SSSR count). The van der Waals surface area contributed by atoms with Crippen LogP contribution in [0.25, 0.3) is 0 Å². The van der Waals surface area contributed by atoms with E-state index < -0.39 is 0 Å². The second kappa shape index (κ2) is 4.38. The highest BCUT2D eigenvalue weighted by molar-refractivity contribution is 9.11. The molecule has 0 radical (unpaired) electrons. The lowest BCUT2D eigenvalue weighted by molar-refractivity contribution is -0.120. The van der Waals surface area contributed by atoms with Gasteiger partial charge < -0.3 is 0 Å². The zero-order valence-electron chi connectivity index (χ0n) is 9.25. The highest BCUT2D eigenvalue weighted by Gasteiger charge is 2.32. The van der Waals surface area contributed by atoms with Gasteiger partial charge in [-0.25, -0.2) is 4.90 Å². The fourth-order valence-electron chi connectivity index (χ4n) is 1.71. The number of benzene rings is 1. The summed E-state index contributed by atoms with van der Waals surface area (Å²) in [4.78, 5) is 24.8. The molecule has 3 nitrogen and oxygen atoms in total. The summed E-state index contributed by atoms with van der Waals surface area (Å²) in [5, 5.41) is 0. The van der Waals surface area contributed by atoms with Gasteiger partial charge in [0.2, 0.25) is 0 Å². The van der Waals surface area contributed by atoms with E-state index in [0.717, 1.165) is 5.56 Å². The first-order chi connectivity index (χ1) is 7.91. The molecule has 5 heteroatoms. The first-order valence-corrected chi connectivity index (χ1v) is 6.53. The minimum absolute atomic E-state index is 0.278. The smallest absolute Gasteiger partial charge is 0.261 e. The summed E-state index contributed by atoms with van der Waals surface area (Å²) >= 11 is 6.77. The van der Waals surface area contributed by atoms with Gasteiger partial charge in [-0.2, -0.15) is 0 Å². The molecule has 0 atom stereocenters. The van der Waals surface area contributed by atoms with Gasteiger partial charge in [0.25, 0.3) is 11.8 Å². The molecule has 0 fully saturated rings. The lowest BCUT2D eigenvalue weighted by Crippen LogP contribution is -2.31. The standard InChI is InChI=1S/C12H9Br2NO2/c1-6-3-8(13)11(9(14)4-6)15-10(16)5-7(2)12(15)17/h3-5H,1-2H3. The van der Waals surface area contributed by atoms with Gasteiger partial charge in [0, 0.05) is 20.6 Å². The van der Waals surface area contributed by atoms with E-state index in [4.69, 9.17) is 0 Å². The summed E-state index contributed by atoms with van der Waals surface area (Å²) in [6.07, 6.45) is 1.35. The van der Waals surface area contributed by atoms with Crippen molar-refractivity contribution < 1.29 is 9.59 Å². The number of anilines is 1. The van der Waals surface area contributed by atoms with E-state index >= 15 is 0 Å². The van der Waals surface area contributed by atoms with Crippen LogP contribution in [0.1, 0.15) is 12.5 Å². The first kappa shape index (κ1) is 12.5. The summed E-state index contributed by atoms with van der Waals surface area (Å²) < 4.78 is 1.43. The van der Waals surface area contributed by atoms with Crippen molar-refractivity contribution >= 4 is 49.4 Å². The summed E-state index contributed by atoms with van der Waals surface area (Å²) in [6, 6.07) is 3.74. The van der Waals surface area contributed by atoms with E-state index in [1.165, 1.54) is 11.0 Å². The molecule has 0 aromatic heterocycles. The number of carbonyl (C=O) groups is 2. The lowest BCUT2D eigenvalue weighted by atomic mass is 10.2. The van der Waals surface area contributed by atoms with Crippen LogP contribution in [0.5, 0.6) is 0 Å². The van der Waals surface area contributed by atoms with Gasteiger partial charge in [0.05, 0.1) is 5.69 Å². The van der Waals surface area contributed by atoms with Crippen LogP contribution >= 0.6 is 31.9 Å². The molecule has 0 bridgehead atoms. The molecule has 2 amide bonds. The minimum atomic E-state index is -0.308. The Labute approximate surface area is 116 Å². The highest BCUT2D eigenvalue weighted by Crippen LogP contribution is 2.37. The Bertz CT molecular complexity index is 541. The van der Waals surface area contributed by atoms with Gasteiger partial charge >= 0.3 is 0 Å². The number of aryl methyl sites for hydroxylation is 1. The molecule has 1 aromatic carbocycles. The minimum Gasteiger partial charge on any atom is -0.269 e. The molecule has 0 aliphatic carbocycles. The Morgan fingerprint density at radius 2 is 1.59 bits per heavy atom. The van der Waals surface area contributed by atoms with Gasteiger partial charge in [-0.05, 0) is 63.4 Å². The van der Waals surface area contributed by atoms with E-state index in [-0.39, 0.29) is 11.8 Å². The third kappa shape index (κ3) is 2.09. The molecule has 1 aromatic rings. The second-order valence-electron chi connectivity index (χ2n) is 3.88. The third-order valence-electron chi connectivity index (χ3n) is 2.49. The molecular weight excluding hydrogens is 350 g/mol. The highest BCUT2D eigenvalue weighted by atomic mass is 79.9. The third-order valence-corrected chi connectivity index (χ3v) is 3.69. The number of hydrogen-bond donors (Lipinski definition) is 0. The fourth-order valence-corrected chi connectivity index (χ4v) is 3.48. The average molecular weight is 359 g/mol. The van der Waals surface area contributed by atoms with E-state index in [9.17, 15) is 9.59 Å². The zero-order valence-corrected chi connectivity index (χ0v) is 12.4. The Morgan fingerprint density at radius 1 is 1.06 bits per heavy atom. The summed E-state index contributed by atoms with van der Waals surface area (Å²) in [5.41, 5.74) is 2.05. The summed E-state index contributed by atoms with van der Waals surface area (Å²) in [7, 11) is 0. The normalized spacial score (nSPS) is 15.5. The molecule has 88 valence electrons. The molecule has 0 saturated carbocycles. The number of carbonyl (C=O) groups excluding carboxylic acids is 2. The predicted octanol–water partition coefficient (Wildman–Crippen LogP) is 3.34. The maximum absolute atomic E-state index is 11.9. The number of imide groups is 1. The molecule has 0 unspecified atom stereocenters. The number of rotatable bonds is 1. The van der Waals surface area contributed by atoms with E-state index in [1.807, 2.05) is 19.1 Å². The summed E-state index contributed by atoms with van der Waals surface area (Å²) in [5.74, 6) is -0.585. The Morgan fingerprint density at radius 3 is 2.00 bits per heavy atom. The molecule has 0 spiro atoms. The Balaban J connectivity index is 2.57. The van der Waals surface area contributed by atoms with Crippen molar-refractivity contribution in [2.24, 2.45) is 0 Å². The van der Waals surface area contributed by atoms with E-state index in [2.05, 4.69) is 31.9 Å². The van der Waals surface area contributed by atoms with Crippen molar-refractivity contribution in [3.8, 4) is 0 Å². The largest absolute Gasteiger partial charge is 0.269 e. The van der Waals surface area contributed by atoms with Crippen molar-refractivity contribution in [2.45, 2.75) is 13.8 Å². The molecule has 0 saturated heterocycles. The number of halogens is 2. The van der Waals surface area contributed by atoms with Crippen LogP contribution in [-0.2, 0) is 9.59 Å². The maximum atomic E-state index is 11.9. The SMILES string of the molecule is CC1=CC(=O)N(c2c(Br)cc(C)cc2Br)C1=O. The van der Waals surface area contributed by atoms with Gasteiger partial charge in [-0.1, -0.05) is 0 Å². The molecular formula is C12H9Br2NO2. The van der Waals surface area contributed by atoms with Gasteiger partial charge in [-0.3, -0.25) is 9.59 Å². The number of amides is 2. The van der Waals surface area contributed by atoms with Crippen LogP contribution in [0.15, 0.2) is 32.7 Å². The maximum Gasteiger partial charge on any atom is 0.261 e. The first-order valence-electron chi connectivity index (χ1n) is 4.94. The zero-order chi connectivity index (χ0) is 12.7. The molecule has 1 heterocycles. The van der Waals surface area contributed by atoms with Gasteiger partial charge in [-0.15, -0.1) is 0 Å². The average Bonchev–Trinajstić information content (AvgIpc) is 2.43. The summed E-state index contributed by atoms with van der Waals surface area (Å²) in [6.45, 7) is 3.58. The van der Waals surface area contributed by atoms with E-state index in [0.29, 0.717) is 20.2 Å². The number of nitrogens with zero attached hydrogens (tertiary/aromatic N) is 1. The Kier molecular flexibility index (Phi) is 3.23. The van der Waals surface area contributed by atoms with Crippen molar-refractivity contribution in [1.29, 1.82) is 0 Å². The van der Waals surface area contributed by atoms with Crippen LogP contribution in [0, 0.1) is 6.92 Å².